The lowest BCUT2D eigenvalue weighted by molar-refractivity contribution is -0.119. The number of fused-ring (bicyclic) bond motifs is 1. The molecule has 0 spiro atoms. The molecule has 2 saturated heterocycles. The van der Waals surface area contributed by atoms with Crippen molar-refractivity contribution in [2.45, 2.75) is 42.7 Å². The molecular weight excluding hydrogens is 532 g/mol. The number of benzene rings is 2. The molecule has 2 aliphatic heterocycles. The Morgan fingerprint density at radius 1 is 1.02 bits per heavy atom. The fraction of sp³-hybridized carbons (Fsp3) is 0.321. The highest BCUT2D eigenvalue weighted by atomic mass is 32.2. The molecule has 0 radical (unpaired) electrons. The molecule has 4 heterocycles. The number of rotatable bonds is 8. The Bertz CT molecular complexity index is 1710. The van der Waals surface area contributed by atoms with Crippen molar-refractivity contribution < 1.29 is 17.9 Å². The maximum Gasteiger partial charge on any atom is 0.354 e. The summed E-state index contributed by atoms with van der Waals surface area (Å²) < 4.78 is 35.8. The number of H-pyrrole nitrogens is 1. The van der Waals surface area contributed by atoms with E-state index < -0.39 is 15.7 Å². The molecular formula is C28H30N6O5S. The van der Waals surface area contributed by atoms with Gasteiger partial charge in [-0.2, -0.15) is 4.98 Å². The third kappa shape index (κ3) is 5.64. The van der Waals surface area contributed by atoms with Gasteiger partial charge in [-0.25, -0.2) is 17.9 Å². The molecule has 2 aromatic heterocycles. The average molecular weight is 563 g/mol. The van der Waals surface area contributed by atoms with Crippen molar-refractivity contribution in [3.63, 3.8) is 0 Å². The monoisotopic (exact) mass is 562 g/mol. The van der Waals surface area contributed by atoms with E-state index >= 15 is 0 Å². The molecule has 6 rings (SSSR count). The zero-order valence-electron chi connectivity index (χ0n) is 21.7. The smallest absolute Gasteiger partial charge is 0.354 e. The molecule has 0 unspecified atom stereocenters. The third-order valence-electron chi connectivity index (χ3n) is 7.28. The van der Waals surface area contributed by atoms with Gasteiger partial charge in [0.05, 0.1) is 16.6 Å². The highest BCUT2D eigenvalue weighted by Crippen LogP contribution is 2.25. The molecule has 40 heavy (non-hydrogen) atoms. The predicted octanol–water partition coefficient (Wildman–Crippen LogP) is 2.07. The number of carbonyl (C=O) groups is 1. The van der Waals surface area contributed by atoms with Crippen LogP contribution in [0.5, 0.6) is 5.75 Å². The zero-order chi connectivity index (χ0) is 27.7. The second-order valence-electron chi connectivity index (χ2n) is 10.2. The van der Waals surface area contributed by atoms with Crippen LogP contribution >= 0.6 is 0 Å². The summed E-state index contributed by atoms with van der Waals surface area (Å²) >= 11 is 0. The number of ether oxygens (including phenoxy) is 1. The lowest BCUT2D eigenvalue weighted by Gasteiger charge is -2.23. The Hall–Kier alpha value is -4.00. The predicted molar refractivity (Wildman–Crippen MR) is 150 cm³/mol. The van der Waals surface area contributed by atoms with E-state index in [1.165, 1.54) is 4.57 Å². The minimum atomic E-state index is -3.61. The fourth-order valence-electron chi connectivity index (χ4n) is 5.10. The summed E-state index contributed by atoms with van der Waals surface area (Å²) in [5.74, 6) is 0.620. The molecule has 0 bridgehead atoms. The third-order valence-corrected chi connectivity index (χ3v) is 8.81. The first-order valence-corrected chi connectivity index (χ1v) is 14.8. The number of hydrogen-bond donors (Lipinski definition) is 4. The Kier molecular flexibility index (Phi) is 7.13. The van der Waals surface area contributed by atoms with Gasteiger partial charge in [0, 0.05) is 35.8 Å². The van der Waals surface area contributed by atoms with Crippen molar-refractivity contribution in [2.24, 2.45) is 0 Å². The molecule has 0 aliphatic carbocycles. The molecule has 208 valence electrons. The first-order chi connectivity index (χ1) is 19.3. The van der Waals surface area contributed by atoms with E-state index in [9.17, 15) is 18.0 Å². The van der Waals surface area contributed by atoms with E-state index in [0.717, 1.165) is 43.3 Å². The maximum absolute atomic E-state index is 12.9. The number of aromatic amines is 1. The fourth-order valence-corrected chi connectivity index (χ4v) is 6.40. The number of carbonyl (C=O) groups excluding carboxylic acids is 1. The van der Waals surface area contributed by atoms with E-state index in [1.54, 1.807) is 54.7 Å². The van der Waals surface area contributed by atoms with Gasteiger partial charge in [-0.15, -0.1) is 0 Å². The number of nitrogens with one attached hydrogen (secondary N) is 4. The summed E-state index contributed by atoms with van der Waals surface area (Å²) in [4.78, 5) is 31.9. The minimum Gasteiger partial charge on any atom is -0.491 e. The van der Waals surface area contributed by atoms with Crippen LogP contribution in [-0.2, 0) is 14.8 Å². The lowest BCUT2D eigenvalue weighted by Crippen LogP contribution is -2.42. The second kappa shape index (κ2) is 10.9. The summed E-state index contributed by atoms with van der Waals surface area (Å²) in [6, 6.07) is 15.6. The molecule has 1 amide bonds. The second-order valence-corrected chi connectivity index (χ2v) is 11.9. The van der Waals surface area contributed by atoms with E-state index in [0.29, 0.717) is 35.8 Å². The van der Waals surface area contributed by atoms with Crippen LogP contribution in [0.25, 0.3) is 28.0 Å². The minimum absolute atomic E-state index is 0.0185. The zero-order valence-corrected chi connectivity index (χ0v) is 22.5. The van der Waals surface area contributed by atoms with Gasteiger partial charge in [0.1, 0.15) is 18.0 Å². The van der Waals surface area contributed by atoms with Gasteiger partial charge in [0.15, 0.2) is 0 Å². The number of piperidine rings is 1. The number of sulfonamides is 1. The molecule has 2 aliphatic rings. The molecule has 12 heteroatoms. The highest BCUT2D eigenvalue weighted by molar-refractivity contribution is 7.89. The molecule has 1 atom stereocenters. The van der Waals surface area contributed by atoms with Gasteiger partial charge in [-0.05, 0) is 68.2 Å². The summed E-state index contributed by atoms with van der Waals surface area (Å²) in [5.41, 5.74) is 2.07. The van der Waals surface area contributed by atoms with E-state index in [1.807, 2.05) is 6.07 Å². The van der Waals surface area contributed by atoms with Crippen LogP contribution in [0.3, 0.4) is 0 Å². The van der Waals surface area contributed by atoms with Crippen LogP contribution in [0.4, 0.5) is 0 Å². The van der Waals surface area contributed by atoms with Crippen molar-refractivity contribution in [2.75, 3.05) is 19.7 Å². The van der Waals surface area contributed by atoms with E-state index in [4.69, 9.17) is 4.74 Å². The van der Waals surface area contributed by atoms with Gasteiger partial charge < -0.3 is 20.4 Å². The van der Waals surface area contributed by atoms with Crippen molar-refractivity contribution >= 4 is 27.0 Å². The maximum atomic E-state index is 12.9. The Balaban J connectivity index is 1.20. The van der Waals surface area contributed by atoms with Crippen LogP contribution < -0.4 is 25.8 Å². The molecule has 0 saturated carbocycles. The molecule has 2 fully saturated rings. The van der Waals surface area contributed by atoms with Gasteiger partial charge in [-0.1, -0.05) is 18.2 Å². The Morgan fingerprint density at radius 2 is 1.82 bits per heavy atom. The summed E-state index contributed by atoms with van der Waals surface area (Å²) in [7, 11) is -3.61. The quantitative estimate of drug-likeness (QED) is 0.257. The van der Waals surface area contributed by atoms with E-state index in [-0.39, 0.29) is 22.9 Å². The average Bonchev–Trinajstić information content (AvgIpc) is 3.57. The topological polar surface area (TPSA) is 147 Å². The first-order valence-electron chi connectivity index (χ1n) is 13.3. The number of amides is 1. The van der Waals surface area contributed by atoms with Crippen molar-refractivity contribution in [1.29, 1.82) is 0 Å². The summed E-state index contributed by atoms with van der Waals surface area (Å²) in [6.45, 7) is 1.95. The summed E-state index contributed by atoms with van der Waals surface area (Å²) in [6.07, 6.45) is 4.48. The van der Waals surface area contributed by atoms with Crippen molar-refractivity contribution in [3.05, 3.63) is 71.3 Å². The SMILES string of the molecule is O=C1CC[C@@H](COc2cccc(-n3cc4cc(-c5ccc(S(=O)(=O)NC6CCNCC6)cc5)[nH]c4nc3=O)c2)N1. The van der Waals surface area contributed by atoms with Crippen molar-refractivity contribution in [1.82, 2.24) is 29.9 Å². The van der Waals surface area contributed by atoms with Crippen LogP contribution in [0.2, 0.25) is 0 Å². The normalized spacial score (nSPS) is 18.2. The van der Waals surface area contributed by atoms with Crippen LogP contribution in [-0.4, -0.2) is 60.6 Å². The first kappa shape index (κ1) is 26.2. The highest BCUT2D eigenvalue weighted by Gasteiger charge is 2.22. The molecule has 4 N–H and O–H groups in total. The molecule has 11 nitrogen and oxygen atoms in total. The Labute approximate surface area is 231 Å². The van der Waals surface area contributed by atoms with E-state index in [2.05, 4.69) is 25.3 Å². The van der Waals surface area contributed by atoms with Gasteiger partial charge in [-0.3, -0.25) is 9.36 Å². The molecule has 2 aromatic carbocycles. The van der Waals surface area contributed by atoms with Crippen LogP contribution in [0.1, 0.15) is 25.7 Å². The molecule has 4 aromatic rings. The largest absolute Gasteiger partial charge is 0.491 e. The van der Waals surface area contributed by atoms with Crippen LogP contribution in [0, 0.1) is 0 Å². The number of nitrogens with zero attached hydrogens (tertiary/aromatic N) is 2. The summed E-state index contributed by atoms with van der Waals surface area (Å²) in [5, 5.41) is 6.83. The van der Waals surface area contributed by atoms with Gasteiger partial charge in [0.2, 0.25) is 15.9 Å². The van der Waals surface area contributed by atoms with Gasteiger partial charge in [0.25, 0.3) is 0 Å². The standard InChI is InChI=1S/C28H30N6O5S/c35-26-9-6-21(30-26)17-39-23-3-1-2-22(15-23)34-16-19-14-25(31-27(19)32-28(34)36)18-4-7-24(8-5-18)40(37,38)33-20-10-12-29-13-11-20/h1-5,7-8,14-16,20-21,29,33H,6,9-13,17H2,(H,30,35)(H,31,32,36)/t21-/m0/s1. The van der Waals surface area contributed by atoms with Gasteiger partial charge >= 0.3 is 5.69 Å². The van der Waals surface area contributed by atoms with Crippen LogP contribution in [0.15, 0.2) is 70.5 Å². The number of aromatic nitrogens is 3. The van der Waals surface area contributed by atoms with Crippen molar-refractivity contribution in [3.8, 4) is 22.7 Å². The lowest BCUT2D eigenvalue weighted by atomic mass is 10.1. The number of hydrogen-bond acceptors (Lipinski definition) is 7. The Morgan fingerprint density at radius 3 is 2.58 bits per heavy atom.